The highest BCUT2D eigenvalue weighted by Gasteiger charge is 2.04. The fraction of sp³-hybridized carbons (Fsp3) is 0.727. The molecule has 0 saturated carbocycles. The summed E-state index contributed by atoms with van der Waals surface area (Å²) in [7, 11) is 1.68. The van der Waals surface area contributed by atoms with Crippen molar-refractivity contribution in [2.24, 2.45) is 0 Å². The molecule has 5 heteroatoms. The monoisotopic (exact) mass is 227 g/mol. The Labute approximate surface area is 96.5 Å². The molecule has 92 valence electrons. The van der Waals surface area contributed by atoms with Crippen LogP contribution in [0.1, 0.15) is 25.1 Å². The molecule has 2 N–H and O–H groups in total. The second-order valence-electron chi connectivity index (χ2n) is 3.65. The van der Waals surface area contributed by atoms with Crippen molar-refractivity contribution in [1.29, 1.82) is 0 Å². The van der Waals surface area contributed by atoms with Crippen molar-refractivity contribution in [2.45, 2.75) is 19.4 Å². The Morgan fingerprint density at radius 2 is 2.31 bits per heavy atom. The normalized spacial score (nSPS) is 12.9. The van der Waals surface area contributed by atoms with Crippen molar-refractivity contribution in [3.8, 4) is 0 Å². The van der Waals surface area contributed by atoms with Crippen molar-refractivity contribution in [1.82, 2.24) is 15.5 Å². The molecule has 0 spiro atoms. The molecule has 0 saturated heterocycles. The third-order valence-corrected chi connectivity index (χ3v) is 2.34. The van der Waals surface area contributed by atoms with Gasteiger partial charge in [0, 0.05) is 26.0 Å². The summed E-state index contributed by atoms with van der Waals surface area (Å²) in [4.78, 5) is 0. The number of H-pyrrole nitrogens is 1. The molecule has 0 radical (unpaired) electrons. The van der Waals surface area contributed by atoms with Gasteiger partial charge in [-0.1, -0.05) is 0 Å². The van der Waals surface area contributed by atoms with E-state index in [-0.39, 0.29) is 0 Å². The van der Waals surface area contributed by atoms with E-state index in [2.05, 4.69) is 22.4 Å². The number of aromatic amines is 1. The molecule has 0 aromatic carbocycles. The molecule has 0 aliphatic heterocycles. The van der Waals surface area contributed by atoms with E-state index in [1.807, 2.05) is 6.07 Å². The van der Waals surface area contributed by atoms with Gasteiger partial charge in [-0.2, -0.15) is 5.10 Å². The van der Waals surface area contributed by atoms with Crippen LogP contribution in [0.3, 0.4) is 0 Å². The van der Waals surface area contributed by atoms with Crippen LogP contribution in [0.4, 0.5) is 0 Å². The number of ether oxygens (including phenoxy) is 2. The lowest BCUT2D eigenvalue weighted by atomic mass is 10.2. The Bertz CT molecular complexity index is 252. The number of methoxy groups -OCH3 is 1. The van der Waals surface area contributed by atoms with Crippen LogP contribution in [0.25, 0.3) is 0 Å². The first kappa shape index (κ1) is 13.2. The minimum absolute atomic E-state index is 0.307. The number of aromatic nitrogens is 2. The summed E-state index contributed by atoms with van der Waals surface area (Å²) in [5.41, 5.74) is 1.11. The van der Waals surface area contributed by atoms with Crippen LogP contribution >= 0.6 is 0 Å². The highest BCUT2D eigenvalue weighted by atomic mass is 16.5. The molecule has 5 nitrogen and oxygen atoms in total. The lowest BCUT2D eigenvalue weighted by molar-refractivity contribution is 0.0693. The van der Waals surface area contributed by atoms with Gasteiger partial charge in [-0.15, -0.1) is 0 Å². The van der Waals surface area contributed by atoms with Gasteiger partial charge in [-0.3, -0.25) is 5.10 Å². The highest BCUT2D eigenvalue weighted by molar-refractivity contribution is 5.02. The van der Waals surface area contributed by atoms with Gasteiger partial charge >= 0.3 is 0 Å². The van der Waals surface area contributed by atoms with Gasteiger partial charge in [0.1, 0.15) is 0 Å². The SMILES string of the molecule is COCCOCCCNC(C)c1ccn[nH]1. The summed E-state index contributed by atoms with van der Waals surface area (Å²) in [5.74, 6) is 0. The molecule has 0 fully saturated rings. The third kappa shape index (κ3) is 5.25. The minimum atomic E-state index is 0.307. The molecule has 1 atom stereocenters. The van der Waals surface area contributed by atoms with Gasteiger partial charge in [-0.25, -0.2) is 0 Å². The predicted octanol–water partition coefficient (Wildman–Crippen LogP) is 1.11. The fourth-order valence-corrected chi connectivity index (χ4v) is 1.35. The second kappa shape index (κ2) is 8.27. The number of nitrogens with one attached hydrogen (secondary N) is 2. The Hall–Kier alpha value is -0.910. The van der Waals surface area contributed by atoms with E-state index in [1.54, 1.807) is 13.3 Å². The first-order chi connectivity index (χ1) is 7.84. The van der Waals surface area contributed by atoms with Crippen molar-refractivity contribution in [3.05, 3.63) is 18.0 Å². The zero-order valence-corrected chi connectivity index (χ0v) is 10.0. The van der Waals surface area contributed by atoms with Crippen LogP contribution in [0.15, 0.2) is 12.3 Å². The van der Waals surface area contributed by atoms with Crippen LogP contribution in [0.2, 0.25) is 0 Å². The molecule has 1 aromatic rings. The molecule has 0 aliphatic carbocycles. The Kier molecular flexibility index (Phi) is 6.80. The molecule has 16 heavy (non-hydrogen) atoms. The number of hydrogen-bond acceptors (Lipinski definition) is 4. The van der Waals surface area contributed by atoms with Gasteiger partial charge in [0.2, 0.25) is 0 Å². The molecular formula is C11H21N3O2. The van der Waals surface area contributed by atoms with E-state index in [1.165, 1.54) is 0 Å². The van der Waals surface area contributed by atoms with Gasteiger partial charge in [-0.05, 0) is 26.0 Å². The molecule has 0 aliphatic rings. The smallest absolute Gasteiger partial charge is 0.0700 e. The summed E-state index contributed by atoms with van der Waals surface area (Å²) >= 11 is 0. The van der Waals surface area contributed by atoms with E-state index < -0.39 is 0 Å². The first-order valence-corrected chi connectivity index (χ1v) is 5.64. The highest BCUT2D eigenvalue weighted by Crippen LogP contribution is 2.06. The Morgan fingerprint density at radius 3 is 3.00 bits per heavy atom. The van der Waals surface area contributed by atoms with Crippen LogP contribution in [-0.2, 0) is 9.47 Å². The quantitative estimate of drug-likeness (QED) is 0.621. The van der Waals surface area contributed by atoms with E-state index in [4.69, 9.17) is 9.47 Å². The summed E-state index contributed by atoms with van der Waals surface area (Å²) in [6.45, 7) is 5.16. The second-order valence-corrected chi connectivity index (χ2v) is 3.65. The van der Waals surface area contributed by atoms with E-state index in [9.17, 15) is 0 Å². The van der Waals surface area contributed by atoms with Crippen LogP contribution in [-0.4, -0.2) is 43.7 Å². The predicted molar refractivity (Wildman–Crippen MR) is 62.3 cm³/mol. The molecule has 0 amide bonds. The van der Waals surface area contributed by atoms with Crippen molar-refractivity contribution >= 4 is 0 Å². The first-order valence-electron chi connectivity index (χ1n) is 5.64. The van der Waals surface area contributed by atoms with E-state index in [0.717, 1.165) is 25.3 Å². The maximum Gasteiger partial charge on any atom is 0.0700 e. The number of nitrogens with zero attached hydrogens (tertiary/aromatic N) is 1. The average molecular weight is 227 g/mol. The lowest BCUT2D eigenvalue weighted by Crippen LogP contribution is -2.21. The number of rotatable bonds is 9. The standard InChI is InChI=1S/C11H21N3O2/c1-10(11-4-6-13-14-11)12-5-3-7-16-9-8-15-2/h4,6,10,12H,3,5,7-9H2,1-2H3,(H,13,14). The van der Waals surface area contributed by atoms with Crippen LogP contribution in [0, 0.1) is 0 Å². The third-order valence-electron chi connectivity index (χ3n) is 2.34. The van der Waals surface area contributed by atoms with E-state index >= 15 is 0 Å². The van der Waals surface area contributed by atoms with Crippen molar-refractivity contribution in [3.63, 3.8) is 0 Å². The topological polar surface area (TPSA) is 59.2 Å². The molecule has 1 unspecified atom stereocenters. The zero-order valence-electron chi connectivity index (χ0n) is 10.0. The Balaban J connectivity index is 1.95. The van der Waals surface area contributed by atoms with Gasteiger partial charge < -0.3 is 14.8 Å². The van der Waals surface area contributed by atoms with Gasteiger partial charge in [0.15, 0.2) is 0 Å². The lowest BCUT2D eigenvalue weighted by Gasteiger charge is -2.11. The molecule has 1 aromatic heterocycles. The van der Waals surface area contributed by atoms with Gasteiger partial charge in [0.05, 0.1) is 18.9 Å². The molecule has 1 heterocycles. The van der Waals surface area contributed by atoms with Crippen molar-refractivity contribution < 1.29 is 9.47 Å². The summed E-state index contributed by atoms with van der Waals surface area (Å²) < 4.78 is 10.2. The zero-order chi connectivity index (χ0) is 11.6. The maximum absolute atomic E-state index is 5.36. The maximum atomic E-state index is 5.36. The van der Waals surface area contributed by atoms with Crippen molar-refractivity contribution in [2.75, 3.05) is 33.5 Å². The van der Waals surface area contributed by atoms with Crippen LogP contribution < -0.4 is 5.32 Å². The average Bonchev–Trinajstić information content (AvgIpc) is 2.81. The fourth-order valence-electron chi connectivity index (χ4n) is 1.35. The largest absolute Gasteiger partial charge is 0.382 e. The molecular weight excluding hydrogens is 206 g/mol. The summed E-state index contributed by atoms with van der Waals surface area (Å²) in [6, 6.07) is 2.29. The molecule has 1 rings (SSSR count). The number of hydrogen-bond donors (Lipinski definition) is 2. The molecule has 0 bridgehead atoms. The summed E-state index contributed by atoms with van der Waals surface area (Å²) in [5, 5.41) is 10.3. The summed E-state index contributed by atoms with van der Waals surface area (Å²) in [6.07, 6.45) is 2.77. The Morgan fingerprint density at radius 1 is 1.44 bits per heavy atom. The minimum Gasteiger partial charge on any atom is -0.382 e. The van der Waals surface area contributed by atoms with Crippen LogP contribution in [0.5, 0.6) is 0 Å². The van der Waals surface area contributed by atoms with Gasteiger partial charge in [0.25, 0.3) is 0 Å². The van der Waals surface area contributed by atoms with E-state index in [0.29, 0.717) is 19.3 Å².